The van der Waals surface area contributed by atoms with Crippen LogP contribution >= 0.6 is 0 Å². The molecule has 27 heavy (non-hydrogen) atoms. The van der Waals surface area contributed by atoms with Gasteiger partial charge in [-0.25, -0.2) is 0 Å². The molecule has 0 aliphatic carbocycles. The molecular formula is C20H24N4O3. The predicted octanol–water partition coefficient (Wildman–Crippen LogP) is 1.95. The number of benzene rings is 1. The average molecular weight is 368 g/mol. The highest BCUT2D eigenvalue weighted by molar-refractivity contribution is 5.98. The van der Waals surface area contributed by atoms with Crippen molar-refractivity contribution in [2.45, 2.75) is 25.4 Å². The van der Waals surface area contributed by atoms with Gasteiger partial charge >= 0.3 is 0 Å². The molecule has 5 rings (SSSR count). The molecule has 1 amide bonds. The molecular weight excluding hydrogens is 344 g/mol. The van der Waals surface area contributed by atoms with Crippen LogP contribution in [0.25, 0.3) is 0 Å². The first-order valence-corrected chi connectivity index (χ1v) is 9.72. The number of hydrogen-bond acceptors (Lipinski definition) is 5. The molecule has 0 saturated carbocycles. The third-order valence-corrected chi connectivity index (χ3v) is 5.63. The topological polar surface area (TPSA) is 59.8 Å². The second-order valence-corrected chi connectivity index (χ2v) is 7.44. The van der Waals surface area contributed by atoms with E-state index in [4.69, 9.17) is 9.47 Å². The zero-order valence-electron chi connectivity index (χ0n) is 15.3. The lowest BCUT2D eigenvalue weighted by Crippen LogP contribution is -2.45. The van der Waals surface area contributed by atoms with Gasteiger partial charge in [-0.15, -0.1) is 0 Å². The Bertz CT molecular complexity index is 844. The quantitative estimate of drug-likeness (QED) is 0.829. The molecule has 0 radical (unpaired) electrons. The molecule has 1 atom stereocenters. The standard InChI is InChI=1S/C20H24N4O3/c25-20(17-4-3-5-18-19(17)27-11-10-26-18)23-13-15-6-7-21-24(15)16(14-23)12-22-8-1-2-9-22/h3-7,16H,1-2,8-14H2/t16-/m0/s1. The first-order valence-electron chi connectivity index (χ1n) is 9.72. The molecule has 0 spiro atoms. The Kier molecular flexibility index (Phi) is 4.24. The molecule has 1 saturated heterocycles. The molecule has 7 heteroatoms. The number of hydrogen-bond donors (Lipinski definition) is 0. The summed E-state index contributed by atoms with van der Waals surface area (Å²) in [5.41, 5.74) is 1.67. The Morgan fingerprint density at radius 1 is 1.15 bits per heavy atom. The van der Waals surface area contributed by atoms with Crippen LogP contribution in [-0.2, 0) is 6.54 Å². The van der Waals surface area contributed by atoms with Crippen LogP contribution in [0.15, 0.2) is 30.5 Å². The minimum atomic E-state index is -0.00350. The zero-order chi connectivity index (χ0) is 18.2. The Morgan fingerprint density at radius 2 is 2.00 bits per heavy atom. The Hall–Kier alpha value is -2.54. The van der Waals surface area contributed by atoms with Crippen molar-refractivity contribution in [2.75, 3.05) is 39.4 Å². The van der Waals surface area contributed by atoms with E-state index in [0.29, 0.717) is 43.4 Å². The zero-order valence-corrected chi connectivity index (χ0v) is 15.3. The Balaban J connectivity index is 1.41. The number of carbonyl (C=O) groups excluding carboxylic acids is 1. The maximum absolute atomic E-state index is 13.3. The van der Waals surface area contributed by atoms with Crippen LogP contribution in [0.3, 0.4) is 0 Å². The number of carbonyl (C=O) groups is 1. The number of para-hydroxylation sites is 1. The van der Waals surface area contributed by atoms with Gasteiger partial charge in [0.1, 0.15) is 13.2 Å². The third kappa shape index (κ3) is 3.06. The van der Waals surface area contributed by atoms with Gasteiger partial charge in [0.15, 0.2) is 11.5 Å². The fraction of sp³-hybridized carbons (Fsp3) is 0.500. The normalized spacial score (nSPS) is 21.9. The monoisotopic (exact) mass is 368 g/mol. The van der Waals surface area contributed by atoms with Crippen molar-refractivity contribution < 1.29 is 14.3 Å². The van der Waals surface area contributed by atoms with E-state index < -0.39 is 0 Å². The van der Waals surface area contributed by atoms with E-state index in [0.717, 1.165) is 25.3 Å². The molecule has 0 unspecified atom stereocenters. The number of fused-ring (bicyclic) bond motifs is 2. The van der Waals surface area contributed by atoms with Gasteiger partial charge in [-0.1, -0.05) is 6.07 Å². The van der Waals surface area contributed by atoms with Gasteiger partial charge in [0.05, 0.1) is 23.8 Å². The van der Waals surface area contributed by atoms with Gasteiger partial charge in [-0.2, -0.15) is 5.10 Å². The summed E-state index contributed by atoms with van der Waals surface area (Å²) in [5.74, 6) is 1.22. The number of nitrogens with zero attached hydrogens (tertiary/aromatic N) is 4. The van der Waals surface area contributed by atoms with Gasteiger partial charge in [0.25, 0.3) is 5.91 Å². The van der Waals surface area contributed by atoms with Crippen molar-refractivity contribution >= 4 is 5.91 Å². The molecule has 1 aromatic heterocycles. The summed E-state index contributed by atoms with van der Waals surface area (Å²) >= 11 is 0. The maximum atomic E-state index is 13.3. The number of ether oxygens (including phenoxy) is 2. The fourth-order valence-corrected chi connectivity index (χ4v) is 4.35. The SMILES string of the molecule is O=C(c1cccc2c1OCCO2)N1Cc2ccnn2[C@@H](CN2CCCC2)C1. The van der Waals surface area contributed by atoms with Crippen LogP contribution in [0.1, 0.15) is 34.9 Å². The molecule has 142 valence electrons. The van der Waals surface area contributed by atoms with E-state index in [1.165, 1.54) is 12.8 Å². The molecule has 0 bridgehead atoms. The summed E-state index contributed by atoms with van der Waals surface area (Å²) in [5, 5.41) is 4.52. The van der Waals surface area contributed by atoms with Gasteiger partial charge in [0.2, 0.25) is 0 Å². The van der Waals surface area contributed by atoms with Gasteiger partial charge < -0.3 is 19.3 Å². The van der Waals surface area contributed by atoms with E-state index in [-0.39, 0.29) is 11.9 Å². The van der Waals surface area contributed by atoms with Gasteiger partial charge in [-0.05, 0) is 44.1 Å². The molecule has 4 heterocycles. The Morgan fingerprint density at radius 3 is 2.89 bits per heavy atom. The summed E-state index contributed by atoms with van der Waals surface area (Å²) in [6, 6.07) is 7.74. The highest BCUT2D eigenvalue weighted by atomic mass is 16.6. The van der Waals surface area contributed by atoms with Crippen LogP contribution < -0.4 is 9.47 Å². The highest BCUT2D eigenvalue weighted by Crippen LogP contribution is 2.35. The third-order valence-electron chi connectivity index (χ3n) is 5.63. The van der Waals surface area contributed by atoms with E-state index in [1.807, 2.05) is 35.4 Å². The smallest absolute Gasteiger partial charge is 0.258 e. The highest BCUT2D eigenvalue weighted by Gasteiger charge is 2.32. The molecule has 7 nitrogen and oxygen atoms in total. The van der Waals surface area contributed by atoms with Crippen LogP contribution in [0.5, 0.6) is 11.5 Å². The van der Waals surface area contributed by atoms with E-state index in [9.17, 15) is 4.79 Å². The summed E-state index contributed by atoms with van der Waals surface area (Å²) in [6.45, 7) is 5.43. The summed E-state index contributed by atoms with van der Waals surface area (Å²) in [4.78, 5) is 17.7. The van der Waals surface area contributed by atoms with Crippen molar-refractivity contribution in [1.29, 1.82) is 0 Å². The van der Waals surface area contributed by atoms with Crippen molar-refractivity contribution in [3.8, 4) is 11.5 Å². The lowest BCUT2D eigenvalue weighted by Gasteiger charge is -2.36. The number of amides is 1. The van der Waals surface area contributed by atoms with Gasteiger partial charge in [-0.3, -0.25) is 9.48 Å². The molecule has 3 aliphatic rings. The molecule has 0 N–H and O–H groups in total. The second kappa shape index (κ2) is 6.88. The summed E-state index contributed by atoms with van der Waals surface area (Å²) in [7, 11) is 0. The first-order chi connectivity index (χ1) is 13.3. The largest absolute Gasteiger partial charge is 0.486 e. The second-order valence-electron chi connectivity index (χ2n) is 7.44. The lowest BCUT2D eigenvalue weighted by atomic mass is 10.1. The minimum absolute atomic E-state index is 0.00350. The number of likely N-dealkylation sites (tertiary alicyclic amines) is 1. The van der Waals surface area contributed by atoms with Crippen LogP contribution in [0, 0.1) is 0 Å². The fourth-order valence-electron chi connectivity index (χ4n) is 4.35. The van der Waals surface area contributed by atoms with Crippen molar-refractivity contribution in [2.24, 2.45) is 0 Å². The molecule has 2 aromatic rings. The van der Waals surface area contributed by atoms with Crippen LogP contribution in [0.2, 0.25) is 0 Å². The van der Waals surface area contributed by atoms with E-state index in [2.05, 4.69) is 14.7 Å². The minimum Gasteiger partial charge on any atom is -0.486 e. The van der Waals surface area contributed by atoms with Crippen LogP contribution in [0.4, 0.5) is 0 Å². The Labute approximate surface area is 158 Å². The van der Waals surface area contributed by atoms with E-state index >= 15 is 0 Å². The maximum Gasteiger partial charge on any atom is 0.258 e. The summed E-state index contributed by atoms with van der Waals surface area (Å²) < 4.78 is 13.5. The van der Waals surface area contributed by atoms with E-state index in [1.54, 1.807) is 0 Å². The average Bonchev–Trinajstić information content (AvgIpc) is 3.38. The molecule has 1 fully saturated rings. The molecule has 3 aliphatic heterocycles. The lowest BCUT2D eigenvalue weighted by molar-refractivity contribution is 0.0637. The summed E-state index contributed by atoms with van der Waals surface area (Å²) in [6.07, 6.45) is 4.35. The molecule has 1 aromatic carbocycles. The predicted molar refractivity (Wildman–Crippen MR) is 99.1 cm³/mol. The van der Waals surface area contributed by atoms with Crippen LogP contribution in [-0.4, -0.2) is 64.9 Å². The number of rotatable bonds is 3. The van der Waals surface area contributed by atoms with Crippen molar-refractivity contribution in [3.05, 3.63) is 41.7 Å². The van der Waals surface area contributed by atoms with Crippen molar-refractivity contribution in [1.82, 2.24) is 19.6 Å². The van der Waals surface area contributed by atoms with Gasteiger partial charge in [0, 0.05) is 19.3 Å². The number of aromatic nitrogens is 2. The first kappa shape index (κ1) is 16.6. The van der Waals surface area contributed by atoms with Crippen molar-refractivity contribution in [3.63, 3.8) is 0 Å².